The molecular weight excluding hydrogens is 372 g/mol. The third-order valence-corrected chi connectivity index (χ3v) is 7.63. The molecule has 0 aliphatic heterocycles. The summed E-state index contributed by atoms with van der Waals surface area (Å²) in [6, 6.07) is 0. The lowest BCUT2D eigenvalue weighted by Crippen LogP contribution is -2.28. The Morgan fingerprint density at radius 3 is 2.23 bits per heavy atom. The summed E-state index contributed by atoms with van der Waals surface area (Å²) in [5, 5.41) is 0. The summed E-state index contributed by atoms with van der Waals surface area (Å²) >= 11 is 0. The smallest absolute Gasteiger partial charge is 0.0111 e. The van der Waals surface area contributed by atoms with Gasteiger partial charge in [0.2, 0.25) is 0 Å². The maximum absolute atomic E-state index is 4.14. The number of hydrogen-bond acceptors (Lipinski definition) is 0. The number of allylic oxidation sites excluding steroid dienone is 7. The molecule has 1 fully saturated rings. The van der Waals surface area contributed by atoms with Gasteiger partial charge in [-0.1, -0.05) is 103 Å². The van der Waals surface area contributed by atoms with Crippen molar-refractivity contribution in [3.8, 4) is 0 Å². The SMILES string of the molecule is C=C(C)C1CC/C(=C/C)C(C)(CCC)C1.CC.CCC1=C(C(C)C(C)C)C=C(C)CC1. The zero-order valence-corrected chi connectivity index (χ0v) is 23.3. The van der Waals surface area contributed by atoms with Gasteiger partial charge < -0.3 is 0 Å². The molecule has 0 spiro atoms. The molecule has 1 saturated carbocycles. The van der Waals surface area contributed by atoms with Crippen LogP contribution >= 0.6 is 0 Å². The Kier molecular flexibility index (Phi) is 14.4. The monoisotopic (exact) mass is 428 g/mol. The quantitative estimate of drug-likeness (QED) is 0.369. The first kappa shape index (κ1) is 30.0. The molecule has 0 aromatic rings. The minimum atomic E-state index is 0.450. The Morgan fingerprint density at radius 2 is 1.77 bits per heavy atom. The van der Waals surface area contributed by atoms with Crippen LogP contribution in [0.5, 0.6) is 0 Å². The van der Waals surface area contributed by atoms with Crippen molar-refractivity contribution >= 4 is 0 Å². The van der Waals surface area contributed by atoms with Crippen molar-refractivity contribution < 1.29 is 0 Å². The summed E-state index contributed by atoms with van der Waals surface area (Å²) in [5.74, 6) is 2.24. The second-order valence-corrected chi connectivity index (χ2v) is 10.3. The lowest BCUT2D eigenvalue weighted by molar-refractivity contribution is 0.234. The fraction of sp³-hybridized carbons (Fsp3) is 0.742. The van der Waals surface area contributed by atoms with E-state index in [0.717, 1.165) is 17.8 Å². The molecule has 0 aromatic heterocycles. The predicted molar refractivity (Wildman–Crippen MR) is 145 cm³/mol. The Bertz CT molecular complexity index is 624. The van der Waals surface area contributed by atoms with Crippen molar-refractivity contribution in [1.82, 2.24) is 0 Å². The fourth-order valence-corrected chi connectivity index (χ4v) is 5.26. The molecule has 180 valence electrons. The third kappa shape index (κ3) is 9.15. The van der Waals surface area contributed by atoms with Crippen LogP contribution < -0.4 is 0 Å². The van der Waals surface area contributed by atoms with Gasteiger partial charge in [0.05, 0.1) is 0 Å². The zero-order chi connectivity index (χ0) is 24.2. The second-order valence-electron chi connectivity index (χ2n) is 10.3. The molecule has 0 saturated heterocycles. The van der Waals surface area contributed by atoms with Gasteiger partial charge in [-0.2, -0.15) is 0 Å². The normalized spacial score (nSPS) is 25.9. The van der Waals surface area contributed by atoms with Gasteiger partial charge in [0.25, 0.3) is 0 Å². The summed E-state index contributed by atoms with van der Waals surface area (Å²) < 4.78 is 0. The summed E-state index contributed by atoms with van der Waals surface area (Å²) in [7, 11) is 0. The first-order chi connectivity index (χ1) is 14.6. The largest absolute Gasteiger partial charge is 0.0999 e. The van der Waals surface area contributed by atoms with Crippen LogP contribution in [0.15, 0.2) is 46.6 Å². The lowest BCUT2D eigenvalue weighted by Gasteiger charge is -2.41. The van der Waals surface area contributed by atoms with Crippen molar-refractivity contribution in [2.24, 2.45) is 23.2 Å². The van der Waals surface area contributed by atoms with Crippen LogP contribution in [0.4, 0.5) is 0 Å². The van der Waals surface area contributed by atoms with Gasteiger partial charge in [0.1, 0.15) is 0 Å². The third-order valence-electron chi connectivity index (χ3n) is 7.63. The highest BCUT2D eigenvalue weighted by atomic mass is 14.4. The molecule has 2 aliphatic carbocycles. The Morgan fingerprint density at radius 1 is 1.16 bits per heavy atom. The van der Waals surface area contributed by atoms with Crippen LogP contribution in [-0.2, 0) is 0 Å². The molecule has 0 amide bonds. The Labute approximate surface area is 197 Å². The minimum absolute atomic E-state index is 0.450. The number of rotatable bonds is 6. The van der Waals surface area contributed by atoms with Crippen LogP contribution in [-0.4, -0.2) is 0 Å². The number of hydrogen-bond donors (Lipinski definition) is 0. The van der Waals surface area contributed by atoms with Crippen LogP contribution in [0.3, 0.4) is 0 Å². The molecule has 2 rings (SSSR count). The van der Waals surface area contributed by atoms with E-state index in [1.165, 1.54) is 56.9 Å². The zero-order valence-electron chi connectivity index (χ0n) is 23.3. The maximum Gasteiger partial charge on any atom is -0.0111 e. The minimum Gasteiger partial charge on any atom is -0.0999 e. The first-order valence-electron chi connectivity index (χ1n) is 13.3. The predicted octanol–water partition coefficient (Wildman–Crippen LogP) is 10.9. The molecule has 0 heterocycles. The highest BCUT2D eigenvalue weighted by Crippen LogP contribution is 2.47. The maximum atomic E-state index is 4.14. The molecule has 0 aromatic carbocycles. The average molecular weight is 429 g/mol. The molecule has 3 atom stereocenters. The molecule has 31 heavy (non-hydrogen) atoms. The molecule has 0 nitrogen and oxygen atoms in total. The van der Waals surface area contributed by atoms with E-state index in [4.69, 9.17) is 0 Å². The van der Waals surface area contributed by atoms with Crippen molar-refractivity contribution in [3.05, 3.63) is 46.6 Å². The molecule has 2 aliphatic rings. The standard InChI is InChI=1S/C15H26.C14H24.C2H6/c1-6-10-15(5)11-13(12(3)4)8-9-14(15)7-2;1-6-13-8-7-11(4)9-14(13)12(5)10(2)3;1-2/h7,13H,3,6,8-11H2,1-2,4-5H3;9-10,12H,6-8H2,1-5H3;1-2H3/b14-7-;;. The van der Waals surface area contributed by atoms with E-state index in [1.54, 1.807) is 22.3 Å². The van der Waals surface area contributed by atoms with Gasteiger partial charge in [0, 0.05) is 0 Å². The molecule has 0 radical (unpaired) electrons. The molecule has 3 unspecified atom stereocenters. The first-order valence-corrected chi connectivity index (χ1v) is 13.3. The van der Waals surface area contributed by atoms with E-state index in [0.29, 0.717) is 5.41 Å². The van der Waals surface area contributed by atoms with E-state index in [9.17, 15) is 0 Å². The van der Waals surface area contributed by atoms with Crippen molar-refractivity contribution in [3.63, 3.8) is 0 Å². The van der Waals surface area contributed by atoms with E-state index < -0.39 is 0 Å². The van der Waals surface area contributed by atoms with Gasteiger partial charge in [-0.15, -0.1) is 0 Å². The van der Waals surface area contributed by atoms with Crippen LogP contribution in [0, 0.1) is 23.2 Å². The van der Waals surface area contributed by atoms with Gasteiger partial charge in [-0.3, -0.25) is 0 Å². The van der Waals surface area contributed by atoms with Gasteiger partial charge in [-0.05, 0) is 94.5 Å². The van der Waals surface area contributed by atoms with Crippen LogP contribution in [0.25, 0.3) is 0 Å². The van der Waals surface area contributed by atoms with Gasteiger partial charge in [0.15, 0.2) is 0 Å². The lowest BCUT2D eigenvalue weighted by atomic mass is 9.64. The van der Waals surface area contributed by atoms with Crippen molar-refractivity contribution in [2.75, 3.05) is 0 Å². The fourth-order valence-electron chi connectivity index (χ4n) is 5.26. The van der Waals surface area contributed by atoms with Gasteiger partial charge >= 0.3 is 0 Å². The Hall–Kier alpha value is -1.04. The summed E-state index contributed by atoms with van der Waals surface area (Å²) in [6.45, 7) is 28.8. The Balaban J connectivity index is 0.000000539. The van der Waals surface area contributed by atoms with Crippen LogP contribution in [0.2, 0.25) is 0 Å². The van der Waals surface area contributed by atoms with E-state index in [-0.39, 0.29) is 0 Å². The molecular formula is C31H56. The van der Waals surface area contributed by atoms with Gasteiger partial charge in [-0.25, -0.2) is 0 Å². The topological polar surface area (TPSA) is 0 Å². The molecule has 0 heteroatoms. The van der Waals surface area contributed by atoms with E-state index in [1.807, 2.05) is 13.8 Å². The van der Waals surface area contributed by atoms with E-state index >= 15 is 0 Å². The molecule has 0 bridgehead atoms. The highest BCUT2D eigenvalue weighted by molar-refractivity contribution is 5.34. The van der Waals surface area contributed by atoms with Crippen molar-refractivity contribution in [1.29, 1.82) is 0 Å². The highest BCUT2D eigenvalue weighted by Gasteiger charge is 2.34. The second kappa shape index (κ2) is 14.9. The summed E-state index contributed by atoms with van der Waals surface area (Å²) in [6.07, 6.45) is 15.1. The van der Waals surface area contributed by atoms with Crippen LogP contribution in [0.1, 0.15) is 128 Å². The van der Waals surface area contributed by atoms with Crippen molar-refractivity contribution in [2.45, 2.75) is 128 Å². The van der Waals surface area contributed by atoms with E-state index in [2.05, 4.69) is 81.0 Å². The summed E-state index contributed by atoms with van der Waals surface area (Å²) in [5.41, 5.74) is 8.40. The average Bonchev–Trinajstić information content (AvgIpc) is 2.74. The molecule has 0 N–H and O–H groups in total. The summed E-state index contributed by atoms with van der Waals surface area (Å²) in [4.78, 5) is 0.